The molecule has 2 aromatic carbocycles. The Balaban J connectivity index is 1.73. The fourth-order valence-electron chi connectivity index (χ4n) is 3.24. The average Bonchev–Trinajstić information content (AvgIpc) is 2.72. The lowest BCUT2D eigenvalue weighted by atomic mass is 9.99. The number of hydrogen-bond acceptors (Lipinski definition) is 5. The van der Waals surface area contributed by atoms with Gasteiger partial charge in [0.15, 0.2) is 0 Å². The zero-order valence-corrected chi connectivity index (χ0v) is 17.1. The average molecular weight is 437 g/mol. The summed E-state index contributed by atoms with van der Waals surface area (Å²) in [6, 6.07) is 14.3. The molecule has 1 aliphatic rings. The quantitative estimate of drug-likeness (QED) is 0.700. The summed E-state index contributed by atoms with van der Waals surface area (Å²) in [7, 11) is -3.77. The maximum atomic E-state index is 12.9. The Morgan fingerprint density at radius 3 is 2.38 bits per heavy atom. The lowest BCUT2D eigenvalue weighted by Crippen LogP contribution is -2.43. The van der Waals surface area contributed by atoms with Crippen LogP contribution in [0.3, 0.4) is 0 Å². The molecule has 0 aliphatic carbocycles. The van der Waals surface area contributed by atoms with Gasteiger partial charge in [0.2, 0.25) is 16.1 Å². The molecule has 9 heteroatoms. The molecular weight excluding hydrogens is 416 g/mol. The normalized spacial score (nSPS) is 18.7. The lowest BCUT2D eigenvalue weighted by molar-refractivity contribution is -0.160. The van der Waals surface area contributed by atoms with Crippen molar-refractivity contribution >= 4 is 33.5 Å². The first-order valence-corrected chi connectivity index (χ1v) is 10.9. The number of nitrogens with zero attached hydrogens (tertiary/aromatic N) is 1. The number of esters is 1. The van der Waals surface area contributed by atoms with Crippen LogP contribution in [0.25, 0.3) is 0 Å². The molecule has 7 nitrogen and oxygen atoms in total. The Hall–Kier alpha value is -2.42. The molecule has 0 unspecified atom stereocenters. The number of piperidine rings is 1. The van der Waals surface area contributed by atoms with Crippen molar-refractivity contribution in [3.63, 3.8) is 0 Å². The van der Waals surface area contributed by atoms with E-state index < -0.39 is 33.9 Å². The zero-order chi connectivity index (χ0) is 21.0. The van der Waals surface area contributed by atoms with Crippen LogP contribution < -0.4 is 5.73 Å². The molecule has 154 valence electrons. The van der Waals surface area contributed by atoms with E-state index in [1.54, 1.807) is 30.3 Å². The minimum absolute atomic E-state index is 0.0237. The highest BCUT2D eigenvalue weighted by Gasteiger charge is 2.35. The molecule has 0 aromatic heterocycles. The van der Waals surface area contributed by atoms with Crippen molar-refractivity contribution in [3.8, 4) is 0 Å². The fourth-order valence-corrected chi connectivity index (χ4v) is 4.89. The fraction of sp³-hybridized carbons (Fsp3) is 0.300. The second kappa shape index (κ2) is 8.94. The van der Waals surface area contributed by atoms with E-state index in [4.69, 9.17) is 22.1 Å². The van der Waals surface area contributed by atoms with E-state index in [1.165, 1.54) is 28.6 Å². The predicted molar refractivity (Wildman–Crippen MR) is 107 cm³/mol. The van der Waals surface area contributed by atoms with Gasteiger partial charge >= 0.3 is 5.97 Å². The summed E-state index contributed by atoms with van der Waals surface area (Å²) in [6.45, 7) is 0.275. The summed E-state index contributed by atoms with van der Waals surface area (Å²) in [6.07, 6.45) is -0.253. The van der Waals surface area contributed by atoms with Crippen LogP contribution in [0.15, 0.2) is 59.5 Å². The molecule has 0 radical (unpaired) electrons. The van der Waals surface area contributed by atoms with Crippen molar-refractivity contribution in [1.82, 2.24) is 4.31 Å². The van der Waals surface area contributed by atoms with Gasteiger partial charge in [-0.15, -0.1) is 0 Å². The van der Waals surface area contributed by atoms with Gasteiger partial charge in [0.25, 0.3) is 5.91 Å². The van der Waals surface area contributed by atoms with Crippen molar-refractivity contribution in [1.29, 1.82) is 0 Å². The monoisotopic (exact) mass is 436 g/mol. The van der Waals surface area contributed by atoms with Gasteiger partial charge in [0, 0.05) is 23.7 Å². The second-order valence-electron chi connectivity index (χ2n) is 6.79. The maximum absolute atomic E-state index is 12.9. The number of carbonyl (C=O) groups is 2. The number of halogens is 1. The molecule has 2 atom stereocenters. The largest absolute Gasteiger partial charge is 0.447 e. The van der Waals surface area contributed by atoms with Gasteiger partial charge in [-0.05, 0) is 37.1 Å². The van der Waals surface area contributed by atoms with Gasteiger partial charge in [0.1, 0.15) is 0 Å². The third-order valence-corrected chi connectivity index (χ3v) is 6.89. The van der Waals surface area contributed by atoms with E-state index in [9.17, 15) is 18.0 Å². The highest BCUT2D eigenvalue weighted by atomic mass is 35.5. The van der Waals surface area contributed by atoms with Crippen molar-refractivity contribution in [2.75, 3.05) is 13.1 Å². The van der Waals surface area contributed by atoms with Gasteiger partial charge in [-0.25, -0.2) is 8.42 Å². The van der Waals surface area contributed by atoms with E-state index in [-0.39, 0.29) is 11.4 Å². The van der Waals surface area contributed by atoms with E-state index in [2.05, 4.69) is 0 Å². The number of hydrogen-bond donors (Lipinski definition) is 1. The van der Waals surface area contributed by atoms with E-state index in [0.717, 1.165) is 0 Å². The molecule has 2 N–H and O–H groups in total. The summed E-state index contributed by atoms with van der Waals surface area (Å²) in [5, 5.41) is 0.433. The van der Waals surface area contributed by atoms with Gasteiger partial charge in [-0.1, -0.05) is 41.9 Å². The SMILES string of the molecule is NC(=O)[C@H](OC(=O)[C@H]1CCCN(S(=O)(=O)c2ccc(Cl)cc2)C1)c1ccccc1. The molecule has 0 bridgehead atoms. The Morgan fingerprint density at radius 1 is 1.10 bits per heavy atom. The molecule has 1 aliphatic heterocycles. The summed E-state index contributed by atoms with van der Waals surface area (Å²) in [5.74, 6) is -2.11. The van der Waals surface area contributed by atoms with Crippen molar-refractivity contribution < 1.29 is 22.7 Å². The number of nitrogens with two attached hydrogens (primary N) is 1. The van der Waals surface area contributed by atoms with Gasteiger partial charge in [-0.3, -0.25) is 9.59 Å². The van der Waals surface area contributed by atoms with E-state index in [0.29, 0.717) is 30.0 Å². The van der Waals surface area contributed by atoms with Crippen molar-refractivity contribution in [2.24, 2.45) is 11.7 Å². The molecule has 1 fully saturated rings. The Labute approximate surface area is 174 Å². The molecule has 3 rings (SSSR count). The van der Waals surface area contributed by atoms with Crippen LogP contribution in [0.2, 0.25) is 5.02 Å². The third-order valence-electron chi connectivity index (χ3n) is 4.76. The number of benzene rings is 2. The Bertz CT molecular complexity index is 980. The van der Waals surface area contributed by atoms with Crippen LogP contribution in [-0.2, 0) is 24.3 Å². The maximum Gasteiger partial charge on any atom is 0.311 e. The van der Waals surface area contributed by atoms with Crippen LogP contribution in [0, 0.1) is 5.92 Å². The first kappa shape index (κ1) is 21.3. The molecule has 2 aromatic rings. The van der Waals surface area contributed by atoms with E-state index >= 15 is 0 Å². The summed E-state index contributed by atoms with van der Waals surface area (Å²) < 4.78 is 32.4. The van der Waals surface area contributed by atoms with Crippen LogP contribution in [0.5, 0.6) is 0 Å². The van der Waals surface area contributed by atoms with Crippen molar-refractivity contribution in [3.05, 3.63) is 65.2 Å². The number of amides is 1. The topological polar surface area (TPSA) is 107 Å². The summed E-state index contributed by atoms with van der Waals surface area (Å²) in [4.78, 5) is 24.6. The Morgan fingerprint density at radius 2 is 1.76 bits per heavy atom. The van der Waals surface area contributed by atoms with Crippen LogP contribution in [0.4, 0.5) is 0 Å². The lowest BCUT2D eigenvalue weighted by Gasteiger charge is -2.31. The van der Waals surface area contributed by atoms with Gasteiger partial charge < -0.3 is 10.5 Å². The number of sulfonamides is 1. The minimum Gasteiger partial charge on any atom is -0.447 e. The van der Waals surface area contributed by atoms with Gasteiger partial charge in [-0.2, -0.15) is 4.31 Å². The number of primary amides is 1. The number of rotatable bonds is 6. The third kappa shape index (κ3) is 4.95. The number of ether oxygens (including phenoxy) is 1. The van der Waals surface area contributed by atoms with Crippen LogP contribution in [-0.4, -0.2) is 37.7 Å². The second-order valence-corrected chi connectivity index (χ2v) is 9.16. The first-order chi connectivity index (χ1) is 13.8. The molecule has 1 amide bonds. The Kier molecular flexibility index (Phi) is 6.56. The molecule has 29 heavy (non-hydrogen) atoms. The van der Waals surface area contributed by atoms with Gasteiger partial charge in [0.05, 0.1) is 10.8 Å². The van der Waals surface area contributed by atoms with Crippen LogP contribution in [0.1, 0.15) is 24.5 Å². The zero-order valence-electron chi connectivity index (χ0n) is 15.5. The highest BCUT2D eigenvalue weighted by molar-refractivity contribution is 7.89. The summed E-state index contributed by atoms with van der Waals surface area (Å²) in [5.41, 5.74) is 5.87. The molecule has 0 saturated carbocycles. The van der Waals surface area contributed by atoms with Crippen molar-refractivity contribution in [2.45, 2.75) is 23.8 Å². The standard InChI is InChI=1S/C20H21ClN2O5S/c21-16-8-10-17(11-9-16)29(26,27)23-12-4-7-15(13-23)20(25)28-18(19(22)24)14-5-2-1-3-6-14/h1-3,5-6,8-11,15,18H,4,7,12-13H2,(H2,22,24)/t15-,18+/m0/s1. The number of carbonyl (C=O) groups excluding carboxylic acids is 2. The molecular formula is C20H21ClN2O5S. The van der Waals surface area contributed by atoms with Crippen LogP contribution >= 0.6 is 11.6 Å². The molecule has 1 saturated heterocycles. The summed E-state index contributed by atoms with van der Waals surface area (Å²) >= 11 is 5.83. The first-order valence-electron chi connectivity index (χ1n) is 9.09. The molecule has 1 heterocycles. The predicted octanol–water partition coefficient (Wildman–Crippen LogP) is 2.51. The molecule has 0 spiro atoms. The highest BCUT2D eigenvalue weighted by Crippen LogP contribution is 2.27. The smallest absolute Gasteiger partial charge is 0.311 e. The van der Waals surface area contributed by atoms with E-state index in [1.807, 2.05) is 0 Å². The minimum atomic E-state index is -3.77.